The second kappa shape index (κ2) is 8.90. The van der Waals surface area contributed by atoms with E-state index < -0.39 is 0 Å². The molecule has 148 valence electrons. The maximum absolute atomic E-state index is 5.61. The largest absolute Gasteiger partial charge is 0.396 e. The lowest BCUT2D eigenvalue weighted by Gasteiger charge is -2.16. The number of nitrogens with zero attached hydrogens (tertiary/aromatic N) is 5. The van der Waals surface area contributed by atoms with Crippen molar-refractivity contribution in [1.29, 1.82) is 0 Å². The molecule has 0 radical (unpaired) electrons. The minimum absolute atomic E-state index is 0.548. The average Bonchev–Trinajstić information content (AvgIpc) is 2.74. The molecule has 0 N–H and O–H groups in total. The average molecular weight is 387 g/mol. The number of aromatic nitrogens is 4. The summed E-state index contributed by atoms with van der Waals surface area (Å²) in [5.74, 6) is 0.660. The molecule has 29 heavy (non-hydrogen) atoms. The van der Waals surface area contributed by atoms with E-state index in [1.807, 2.05) is 38.1 Å². The minimum atomic E-state index is 0.548. The highest BCUT2D eigenvalue weighted by molar-refractivity contribution is 6.00. The Morgan fingerprint density at radius 3 is 2.76 bits per heavy atom. The molecule has 6 heteroatoms. The zero-order valence-electron chi connectivity index (χ0n) is 16.9. The molecule has 0 unspecified atom stereocenters. The van der Waals surface area contributed by atoms with Crippen LogP contribution in [-0.4, -0.2) is 32.3 Å². The molecular weight excluding hydrogens is 362 g/mol. The summed E-state index contributed by atoms with van der Waals surface area (Å²) in [7, 11) is 0. The molecule has 0 aliphatic heterocycles. The molecule has 0 bridgehead atoms. The van der Waals surface area contributed by atoms with E-state index in [0.29, 0.717) is 12.4 Å². The predicted molar refractivity (Wildman–Crippen MR) is 113 cm³/mol. The third kappa shape index (κ3) is 4.83. The molecule has 3 heterocycles. The SMILES string of the molecule is Cc1cccc(-c2nccc(CCCO/N=C3\CCCc4ccc(C)nc43)n2)n1. The van der Waals surface area contributed by atoms with E-state index in [-0.39, 0.29) is 0 Å². The number of oxime groups is 1. The topological polar surface area (TPSA) is 73.2 Å². The number of rotatable bonds is 6. The van der Waals surface area contributed by atoms with Gasteiger partial charge in [-0.05, 0) is 75.8 Å². The fraction of sp³-hybridized carbons (Fsp3) is 0.348. The van der Waals surface area contributed by atoms with Crippen molar-refractivity contribution in [2.24, 2.45) is 5.16 Å². The van der Waals surface area contributed by atoms with Crippen LogP contribution in [0.5, 0.6) is 0 Å². The van der Waals surface area contributed by atoms with Crippen LogP contribution in [0.25, 0.3) is 11.5 Å². The van der Waals surface area contributed by atoms with Gasteiger partial charge in [0.2, 0.25) is 0 Å². The van der Waals surface area contributed by atoms with Gasteiger partial charge >= 0.3 is 0 Å². The first kappa shape index (κ1) is 19.2. The number of hydrogen-bond acceptors (Lipinski definition) is 6. The van der Waals surface area contributed by atoms with Crippen molar-refractivity contribution in [3.8, 4) is 11.5 Å². The summed E-state index contributed by atoms with van der Waals surface area (Å²) in [5, 5.41) is 4.38. The highest BCUT2D eigenvalue weighted by Crippen LogP contribution is 2.20. The van der Waals surface area contributed by atoms with Crippen LogP contribution >= 0.6 is 0 Å². The Morgan fingerprint density at radius 2 is 1.86 bits per heavy atom. The smallest absolute Gasteiger partial charge is 0.178 e. The summed E-state index contributed by atoms with van der Waals surface area (Å²) in [6, 6.07) is 12.0. The first-order valence-electron chi connectivity index (χ1n) is 10.1. The van der Waals surface area contributed by atoms with E-state index in [1.54, 1.807) is 6.20 Å². The molecule has 0 amide bonds. The monoisotopic (exact) mass is 387 g/mol. The molecule has 3 aromatic rings. The van der Waals surface area contributed by atoms with Gasteiger partial charge in [-0.1, -0.05) is 17.3 Å². The molecule has 0 fully saturated rings. The highest BCUT2D eigenvalue weighted by Gasteiger charge is 2.17. The Bertz CT molecular complexity index is 1030. The normalized spacial score (nSPS) is 14.6. The van der Waals surface area contributed by atoms with Crippen LogP contribution in [0.2, 0.25) is 0 Å². The van der Waals surface area contributed by atoms with E-state index in [0.717, 1.165) is 66.3 Å². The van der Waals surface area contributed by atoms with E-state index >= 15 is 0 Å². The number of pyridine rings is 2. The van der Waals surface area contributed by atoms with Gasteiger partial charge in [-0.25, -0.2) is 15.0 Å². The van der Waals surface area contributed by atoms with Gasteiger partial charge in [0.25, 0.3) is 0 Å². The van der Waals surface area contributed by atoms with Crippen molar-refractivity contribution in [3.63, 3.8) is 0 Å². The van der Waals surface area contributed by atoms with Gasteiger partial charge in [-0.2, -0.15) is 0 Å². The highest BCUT2D eigenvalue weighted by atomic mass is 16.6. The number of fused-ring (bicyclic) bond motifs is 1. The lowest BCUT2D eigenvalue weighted by atomic mass is 9.94. The number of hydrogen-bond donors (Lipinski definition) is 0. The van der Waals surface area contributed by atoms with Crippen LogP contribution < -0.4 is 0 Å². The Hall–Kier alpha value is -3.15. The summed E-state index contributed by atoms with van der Waals surface area (Å²) in [5.41, 5.74) is 6.98. The van der Waals surface area contributed by atoms with Gasteiger partial charge in [0.05, 0.1) is 5.69 Å². The molecule has 0 atom stereocenters. The van der Waals surface area contributed by atoms with Crippen molar-refractivity contribution in [1.82, 2.24) is 19.9 Å². The van der Waals surface area contributed by atoms with Crippen LogP contribution in [0, 0.1) is 13.8 Å². The van der Waals surface area contributed by atoms with Gasteiger partial charge in [0, 0.05) is 23.3 Å². The maximum atomic E-state index is 5.61. The molecule has 0 saturated heterocycles. The Labute approximate surface area is 171 Å². The summed E-state index contributed by atoms with van der Waals surface area (Å²) >= 11 is 0. The summed E-state index contributed by atoms with van der Waals surface area (Å²) in [4.78, 5) is 23.8. The van der Waals surface area contributed by atoms with E-state index in [2.05, 4.69) is 37.2 Å². The fourth-order valence-corrected chi connectivity index (χ4v) is 3.46. The molecule has 6 nitrogen and oxygen atoms in total. The van der Waals surface area contributed by atoms with E-state index in [1.165, 1.54) is 5.56 Å². The molecule has 1 aliphatic rings. The molecular formula is C23H25N5O. The van der Waals surface area contributed by atoms with Crippen LogP contribution in [0.3, 0.4) is 0 Å². The second-order valence-electron chi connectivity index (χ2n) is 7.32. The van der Waals surface area contributed by atoms with Gasteiger partial charge < -0.3 is 4.84 Å². The molecule has 0 saturated carbocycles. The Morgan fingerprint density at radius 1 is 0.966 bits per heavy atom. The lowest BCUT2D eigenvalue weighted by molar-refractivity contribution is 0.141. The Balaban J connectivity index is 1.33. The summed E-state index contributed by atoms with van der Waals surface area (Å²) < 4.78 is 0. The summed E-state index contributed by atoms with van der Waals surface area (Å²) in [6.07, 6.45) is 6.50. The quantitative estimate of drug-likeness (QED) is 0.467. The molecule has 0 aromatic carbocycles. The first-order chi connectivity index (χ1) is 14.2. The lowest BCUT2D eigenvalue weighted by Crippen LogP contribution is -2.15. The third-order valence-corrected chi connectivity index (χ3v) is 4.93. The van der Waals surface area contributed by atoms with Crippen molar-refractivity contribution >= 4 is 5.71 Å². The van der Waals surface area contributed by atoms with Gasteiger partial charge in [0.15, 0.2) is 5.82 Å². The molecule has 0 spiro atoms. The maximum Gasteiger partial charge on any atom is 0.178 e. The minimum Gasteiger partial charge on any atom is -0.396 e. The van der Waals surface area contributed by atoms with Crippen molar-refractivity contribution in [2.45, 2.75) is 46.0 Å². The van der Waals surface area contributed by atoms with Crippen molar-refractivity contribution in [2.75, 3.05) is 6.61 Å². The van der Waals surface area contributed by atoms with Gasteiger partial charge in [0.1, 0.15) is 18.0 Å². The first-order valence-corrected chi connectivity index (χ1v) is 10.1. The van der Waals surface area contributed by atoms with E-state index in [9.17, 15) is 0 Å². The molecule has 1 aliphatic carbocycles. The van der Waals surface area contributed by atoms with Crippen LogP contribution in [-0.2, 0) is 17.7 Å². The van der Waals surface area contributed by atoms with E-state index in [4.69, 9.17) is 4.84 Å². The molecule has 4 rings (SSSR count). The Kier molecular flexibility index (Phi) is 5.89. The third-order valence-electron chi connectivity index (χ3n) is 4.93. The van der Waals surface area contributed by atoms with Crippen molar-refractivity contribution in [3.05, 3.63) is 70.9 Å². The second-order valence-corrected chi connectivity index (χ2v) is 7.32. The van der Waals surface area contributed by atoms with Crippen LogP contribution in [0.15, 0.2) is 47.8 Å². The zero-order chi connectivity index (χ0) is 20.1. The van der Waals surface area contributed by atoms with Gasteiger partial charge in [-0.3, -0.25) is 4.98 Å². The summed E-state index contributed by atoms with van der Waals surface area (Å²) in [6.45, 7) is 4.52. The van der Waals surface area contributed by atoms with Crippen molar-refractivity contribution < 1.29 is 4.84 Å². The standard InChI is InChI=1S/C23H25N5O/c1-16-6-3-10-21(25-16)23-24-14-13-19(27-23)8-5-15-29-28-20-9-4-7-18-12-11-17(2)26-22(18)20/h3,6,10-14H,4-5,7-9,15H2,1-2H3/b28-20+. The molecule has 3 aromatic heterocycles. The zero-order valence-corrected chi connectivity index (χ0v) is 16.9. The fourth-order valence-electron chi connectivity index (χ4n) is 3.46. The number of aryl methyl sites for hydroxylation is 4. The predicted octanol–water partition coefficient (Wildman–Crippen LogP) is 4.24. The van der Waals surface area contributed by atoms with Gasteiger partial charge in [-0.15, -0.1) is 0 Å². The van der Waals surface area contributed by atoms with Crippen LogP contribution in [0.1, 0.15) is 47.6 Å². The van der Waals surface area contributed by atoms with Crippen LogP contribution in [0.4, 0.5) is 0 Å².